The number of piperidine rings is 1. The van der Waals surface area contributed by atoms with E-state index in [0.717, 1.165) is 31.2 Å². The Labute approximate surface area is 116 Å². The predicted octanol–water partition coefficient (Wildman–Crippen LogP) is 2.30. The van der Waals surface area contributed by atoms with E-state index in [2.05, 4.69) is 22.2 Å². The van der Waals surface area contributed by atoms with E-state index in [9.17, 15) is 0 Å². The van der Waals surface area contributed by atoms with Crippen molar-refractivity contribution in [1.29, 1.82) is 0 Å². The Bertz CT molecular complexity index is 389. The summed E-state index contributed by atoms with van der Waals surface area (Å²) in [6.07, 6.45) is 4.58. The topological polar surface area (TPSA) is 37.4 Å². The summed E-state index contributed by atoms with van der Waals surface area (Å²) in [4.78, 5) is 6.70. The number of hydrogen-bond donors (Lipinski definition) is 1. The van der Waals surface area contributed by atoms with E-state index < -0.39 is 0 Å². The maximum absolute atomic E-state index is 5.84. The van der Waals surface area contributed by atoms with Crippen molar-refractivity contribution in [2.24, 2.45) is 5.92 Å². The summed E-state index contributed by atoms with van der Waals surface area (Å²) in [6.45, 7) is 7.38. The van der Waals surface area contributed by atoms with E-state index in [1.165, 1.54) is 12.8 Å². The molecule has 4 heteroatoms. The van der Waals surface area contributed by atoms with Gasteiger partial charge in [0.25, 0.3) is 0 Å². The van der Waals surface area contributed by atoms with Crippen molar-refractivity contribution in [1.82, 2.24) is 10.3 Å². The van der Waals surface area contributed by atoms with Crippen LogP contribution in [0.1, 0.15) is 26.7 Å². The van der Waals surface area contributed by atoms with Gasteiger partial charge in [0.2, 0.25) is 0 Å². The zero-order valence-corrected chi connectivity index (χ0v) is 12.2. The van der Waals surface area contributed by atoms with Crippen LogP contribution in [0.4, 0.5) is 5.82 Å². The first-order valence-corrected chi connectivity index (χ1v) is 7.20. The minimum Gasteiger partial charge on any atom is -0.487 e. The van der Waals surface area contributed by atoms with Gasteiger partial charge in [0.15, 0.2) is 11.6 Å². The maximum Gasteiger partial charge on any atom is 0.171 e. The fourth-order valence-corrected chi connectivity index (χ4v) is 2.57. The molecule has 1 aromatic rings. The average Bonchev–Trinajstić information content (AvgIpc) is 2.39. The molecule has 0 aliphatic carbocycles. The molecular weight excluding hydrogens is 238 g/mol. The normalized spacial score (nSPS) is 19.5. The Morgan fingerprint density at radius 2 is 2.37 bits per heavy atom. The number of nitrogens with one attached hydrogen (secondary N) is 1. The zero-order chi connectivity index (χ0) is 13.7. The minimum absolute atomic E-state index is 0.174. The van der Waals surface area contributed by atoms with Crippen LogP contribution in [0.3, 0.4) is 0 Å². The minimum atomic E-state index is 0.174. The largest absolute Gasteiger partial charge is 0.487 e. The van der Waals surface area contributed by atoms with Crippen LogP contribution < -0.4 is 15.0 Å². The second-order valence-corrected chi connectivity index (χ2v) is 5.58. The number of aromatic nitrogens is 1. The molecule has 0 saturated carbocycles. The first kappa shape index (κ1) is 14.1. The van der Waals surface area contributed by atoms with Crippen LogP contribution in [0, 0.1) is 5.92 Å². The van der Waals surface area contributed by atoms with Crippen LogP contribution in [0.15, 0.2) is 18.3 Å². The molecule has 1 fully saturated rings. The quantitative estimate of drug-likeness (QED) is 0.884. The Morgan fingerprint density at radius 3 is 3.05 bits per heavy atom. The lowest BCUT2D eigenvalue weighted by molar-refractivity contribution is 0.242. The van der Waals surface area contributed by atoms with Crippen molar-refractivity contribution in [3.05, 3.63) is 18.3 Å². The van der Waals surface area contributed by atoms with Crippen LogP contribution in [-0.2, 0) is 0 Å². The molecule has 19 heavy (non-hydrogen) atoms. The molecule has 1 N–H and O–H groups in total. The molecule has 0 aromatic carbocycles. The van der Waals surface area contributed by atoms with Gasteiger partial charge in [-0.05, 0) is 57.8 Å². The summed E-state index contributed by atoms with van der Waals surface area (Å²) < 4.78 is 5.84. The predicted molar refractivity (Wildman–Crippen MR) is 78.9 cm³/mol. The summed E-state index contributed by atoms with van der Waals surface area (Å²) in [7, 11) is 2.10. The summed E-state index contributed by atoms with van der Waals surface area (Å²) in [5.74, 6) is 2.53. The number of nitrogens with zero attached hydrogens (tertiary/aromatic N) is 2. The third-order valence-corrected chi connectivity index (χ3v) is 3.41. The highest BCUT2D eigenvalue weighted by Gasteiger charge is 2.18. The van der Waals surface area contributed by atoms with Crippen molar-refractivity contribution >= 4 is 5.82 Å². The van der Waals surface area contributed by atoms with Gasteiger partial charge in [0.1, 0.15) is 0 Å². The third kappa shape index (κ3) is 4.10. The van der Waals surface area contributed by atoms with E-state index >= 15 is 0 Å². The molecule has 1 atom stereocenters. The van der Waals surface area contributed by atoms with Gasteiger partial charge >= 0.3 is 0 Å². The number of anilines is 1. The van der Waals surface area contributed by atoms with Crippen molar-refractivity contribution in [3.8, 4) is 5.75 Å². The smallest absolute Gasteiger partial charge is 0.171 e. The van der Waals surface area contributed by atoms with E-state index in [1.807, 2.05) is 32.2 Å². The fraction of sp³-hybridized carbons (Fsp3) is 0.667. The van der Waals surface area contributed by atoms with Crippen LogP contribution in [0.5, 0.6) is 5.75 Å². The van der Waals surface area contributed by atoms with Crippen LogP contribution in [0.25, 0.3) is 0 Å². The Balaban J connectivity index is 2.02. The van der Waals surface area contributed by atoms with Crippen LogP contribution in [-0.4, -0.2) is 37.8 Å². The van der Waals surface area contributed by atoms with E-state index in [0.29, 0.717) is 5.92 Å². The Morgan fingerprint density at radius 1 is 1.53 bits per heavy atom. The number of pyridine rings is 1. The third-order valence-electron chi connectivity index (χ3n) is 3.41. The first-order chi connectivity index (χ1) is 9.16. The molecule has 2 heterocycles. The lowest BCUT2D eigenvalue weighted by Gasteiger charge is -2.29. The summed E-state index contributed by atoms with van der Waals surface area (Å²) >= 11 is 0. The van der Waals surface area contributed by atoms with Gasteiger partial charge in [0.05, 0.1) is 6.10 Å². The van der Waals surface area contributed by atoms with Gasteiger partial charge in [-0.2, -0.15) is 0 Å². The highest BCUT2D eigenvalue weighted by molar-refractivity contribution is 5.51. The molecule has 1 unspecified atom stereocenters. The van der Waals surface area contributed by atoms with E-state index in [1.54, 1.807) is 0 Å². The number of ether oxygens (including phenoxy) is 1. The molecule has 4 nitrogen and oxygen atoms in total. The van der Waals surface area contributed by atoms with Crippen molar-refractivity contribution in [2.75, 3.05) is 31.6 Å². The van der Waals surface area contributed by atoms with Gasteiger partial charge in [-0.15, -0.1) is 0 Å². The Kier molecular flexibility index (Phi) is 5.02. The van der Waals surface area contributed by atoms with Gasteiger partial charge < -0.3 is 15.0 Å². The highest BCUT2D eigenvalue weighted by Crippen LogP contribution is 2.26. The summed E-state index contributed by atoms with van der Waals surface area (Å²) in [6, 6.07) is 3.93. The molecule has 0 bridgehead atoms. The van der Waals surface area contributed by atoms with Crippen molar-refractivity contribution in [3.63, 3.8) is 0 Å². The van der Waals surface area contributed by atoms with Crippen LogP contribution >= 0.6 is 0 Å². The molecule has 2 rings (SSSR count). The molecule has 1 aliphatic rings. The lowest BCUT2D eigenvalue weighted by Crippen LogP contribution is -2.37. The van der Waals surface area contributed by atoms with E-state index in [-0.39, 0.29) is 6.10 Å². The summed E-state index contributed by atoms with van der Waals surface area (Å²) in [5, 5.41) is 3.46. The maximum atomic E-state index is 5.84. The second-order valence-electron chi connectivity index (χ2n) is 5.58. The Hall–Kier alpha value is -1.29. The van der Waals surface area contributed by atoms with Crippen molar-refractivity contribution < 1.29 is 4.74 Å². The lowest BCUT2D eigenvalue weighted by atomic mass is 9.99. The number of hydrogen-bond acceptors (Lipinski definition) is 4. The summed E-state index contributed by atoms with van der Waals surface area (Å²) in [5.41, 5.74) is 0. The molecule has 1 aromatic heterocycles. The molecule has 0 spiro atoms. The molecule has 0 amide bonds. The second kappa shape index (κ2) is 6.75. The van der Waals surface area contributed by atoms with Crippen molar-refractivity contribution in [2.45, 2.75) is 32.8 Å². The SMILES string of the molecule is CC(C)Oc1cccnc1N(C)CC1CCCNC1. The van der Waals surface area contributed by atoms with Gasteiger partial charge in [0, 0.05) is 19.8 Å². The average molecular weight is 263 g/mol. The van der Waals surface area contributed by atoms with Gasteiger partial charge in [-0.1, -0.05) is 0 Å². The molecule has 1 saturated heterocycles. The highest BCUT2D eigenvalue weighted by atomic mass is 16.5. The first-order valence-electron chi connectivity index (χ1n) is 7.20. The number of rotatable bonds is 5. The standard InChI is InChI=1S/C15H25N3O/c1-12(2)19-14-7-5-9-17-15(14)18(3)11-13-6-4-8-16-10-13/h5,7,9,12-13,16H,4,6,8,10-11H2,1-3H3. The molecule has 1 aliphatic heterocycles. The monoisotopic (exact) mass is 263 g/mol. The molecule has 0 radical (unpaired) electrons. The molecular formula is C15H25N3O. The zero-order valence-electron chi connectivity index (χ0n) is 12.2. The van der Waals surface area contributed by atoms with E-state index in [4.69, 9.17) is 4.74 Å². The fourth-order valence-electron chi connectivity index (χ4n) is 2.57. The van der Waals surface area contributed by atoms with Gasteiger partial charge in [-0.3, -0.25) is 0 Å². The van der Waals surface area contributed by atoms with Crippen LogP contribution in [0.2, 0.25) is 0 Å². The van der Waals surface area contributed by atoms with Gasteiger partial charge in [-0.25, -0.2) is 4.98 Å². The molecule has 106 valence electrons.